The van der Waals surface area contributed by atoms with E-state index >= 15 is 0 Å². The van der Waals surface area contributed by atoms with E-state index in [2.05, 4.69) is 0 Å². The van der Waals surface area contributed by atoms with Crippen LogP contribution < -0.4 is 0 Å². The van der Waals surface area contributed by atoms with E-state index in [4.69, 9.17) is 9.47 Å². The molecular formula is C34H31NO7. The van der Waals surface area contributed by atoms with Crippen LogP contribution in [0.2, 0.25) is 0 Å². The zero-order valence-corrected chi connectivity index (χ0v) is 23.6. The Bertz CT molecular complexity index is 1780. The largest absolute Gasteiger partial charge is 0.462 e. The average molecular weight is 566 g/mol. The zero-order valence-electron chi connectivity index (χ0n) is 23.6. The number of ether oxygens (including phenoxy) is 2. The number of unbranched alkanes of at least 4 members (excludes halogenated alkanes) is 2. The van der Waals surface area contributed by atoms with Gasteiger partial charge in [-0.2, -0.15) is 0 Å². The molecule has 0 unspecified atom stereocenters. The van der Waals surface area contributed by atoms with Crippen LogP contribution in [0.4, 0.5) is 0 Å². The third-order valence-corrected chi connectivity index (χ3v) is 8.08. The standard InChI is InChI=1S/C34H31NO7/c1-3-5-17-41-33(39)25-13-9-21-19-7-11-23-29-24(32(38)35(15-16-36)31(23)37)12-8-20(27(19)29)22-10-14-26(30(25)28(21)22)34(40)42-18-6-4-2/h7-14,36H,3-6,15-18H2,1-2H3. The van der Waals surface area contributed by atoms with E-state index in [0.29, 0.717) is 21.9 Å². The molecule has 5 aromatic rings. The predicted octanol–water partition coefficient (Wildman–Crippen LogP) is 6.24. The van der Waals surface area contributed by atoms with Gasteiger partial charge in [0.1, 0.15) is 0 Å². The van der Waals surface area contributed by atoms with Gasteiger partial charge in [0.05, 0.1) is 37.5 Å². The van der Waals surface area contributed by atoms with Gasteiger partial charge in [-0.25, -0.2) is 9.59 Å². The summed E-state index contributed by atoms with van der Waals surface area (Å²) in [4.78, 5) is 54.4. The summed E-state index contributed by atoms with van der Waals surface area (Å²) in [5.41, 5.74) is 1.36. The molecule has 5 aromatic carbocycles. The number of aliphatic hydroxyl groups is 1. The molecule has 0 spiro atoms. The number of carbonyl (C=O) groups excluding carboxylic acids is 4. The number of hydrogen-bond acceptors (Lipinski definition) is 7. The summed E-state index contributed by atoms with van der Waals surface area (Å²) in [5, 5.41) is 15.1. The van der Waals surface area contributed by atoms with Crippen LogP contribution in [0, 0.1) is 0 Å². The highest BCUT2D eigenvalue weighted by Gasteiger charge is 2.34. The lowest BCUT2D eigenvalue weighted by Gasteiger charge is -2.28. The fraction of sp³-hybridized carbons (Fsp3) is 0.294. The molecule has 0 aliphatic carbocycles. The van der Waals surface area contributed by atoms with Crippen molar-refractivity contribution in [2.75, 3.05) is 26.4 Å². The number of benzene rings is 5. The number of esters is 2. The van der Waals surface area contributed by atoms with Crippen molar-refractivity contribution in [1.29, 1.82) is 0 Å². The van der Waals surface area contributed by atoms with Crippen LogP contribution in [0.1, 0.15) is 81.0 Å². The first-order valence-electron chi connectivity index (χ1n) is 14.4. The van der Waals surface area contributed by atoms with E-state index in [0.717, 1.165) is 62.9 Å². The number of carbonyl (C=O) groups is 4. The van der Waals surface area contributed by atoms with Gasteiger partial charge < -0.3 is 14.6 Å². The molecule has 1 aliphatic rings. The number of imide groups is 1. The van der Waals surface area contributed by atoms with Crippen molar-refractivity contribution in [3.8, 4) is 0 Å². The number of β-amino-alcohol motifs (C(OH)–C–C–N with tert-alkyl or cyclic N) is 1. The highest BCUT2D eigenvalue weighted by atomic mass is 16.5. The highest BCUT2D eigenvalue weighted by Crippen LogP contribution is 2.45. The van der Waals surface area contributed by atoms with E-state index in [1.54, 1.807) is 24.3 Å². The molecule has 1 aliphatic heterocycles. The summed E-state index contributed by atoms with van der Waals surface area (Å²) in [7, 11) is 0. The molecule has 1 N–H and O–H groups in total. The van der Waals surface area contributed by atoms with Gasteiger partial charge in [0.15, 0.2) is 0 Å². The first kappa shape index (κ1) is 27.6. The fourth-order valence-corrected chi connectivity index (χ4v) is 6.05. The fourth-order valence-electron chi connectivity index (χ4n) is 6.05. The topological polar surface area (TPSA) is 110 Å². The molecule has 2 amide bonds. The second kappa shape index (κ2) is 11.0. The van der Waals surface area contributed by atoms with Gasteiger partial charge in [-0.1, -0.05) is 51.0 Å². The Morgan fingerprint density at radius 3 is 1.50 bits per heavy atom. The Balaban J connectivity index is 1.66. The van der Waals surface area contributed by atoms with Gasteiger partial charge in [0.25, 0.3) is 11.8 Å². The second-order valence-corrected chi connectivity index (χ2v) is 10.6. The third kappa shape index (κ3) is 4.17. The molecule has 0 bridgehead atoms. The quantitative estimate of drug-likeness (QED) is 0.0702. The molecule has 8 nitrogen and oxygen atoms in total. The SMILES string of the molecule is CCCCOC(=O)c1ccc2c3ccc4c5c(ccc(c6ccc(C(=O)OCCCC)c1c26)c53)C(=O)N(CCO)C4=O. The number of hydrogen-bond donors (Lipinski definition) is 1. The Kier molecular flexibility index (Phi) is 7.24. The van der Waals surface area contributed by atoms with Crippen molar-refractivity contribution in [1.82, 2.24) is 4.90 Å². The minimum absolute atomic E-state index is 0.0848. The third-order valence-electron chi connectivity index (χ3n) is 8.08. The average Bonchev–Trinajstić information content (AvgIpc) is 3.00. The van der Waals surface area contributed by atoms with Crippen molar-refractivity contribution in [2.45, 2.75) is 39.5 Å². The van der Waals surface area contributed by atoms with Gasteiger partial charge in [-0.15, -0.1) is 0 Å². The zero-order chi connectivity index (χ0) is 29.5. The molecule has 0 aromatic heterocycles. The number of aliphatic hydroxyl groups excluding tert-OH is 1. The Morgan fingerprint density at radius 2 is 1.07 bits per heavy atom. The maximum absolute atomic E-state index is 13.4. The second-order valence-electron chi connectivity index (χ2n) is 10.6. The highest BCUT2D eigenvalue weighted by molar-refractivity contribution is 6.39. The van der Waals surface area contributed by atoms with E-state index in [-0.39, 0.29) is 37.5 Å². The Hall–Kier alpha value is -4.56. The predicted molar refractivity (Wildman–Crippen MR) is 160 cm³/mol. The number of fused-ring (bicyclic) bond motifs is 2. The first-order chi connectivity index (χ1) is 20.4. The van der Waals surface area contributed by atoms with Crippen LogP contribution in [-0.2, 0) is 9.47 Å². The van der Waals surface area contributed by atoms with Gasteiger partial charge in [-0.05, 0) is 69.4 Å². The van der Waals surface area contributed by atoms with Gasteiger partial charge in [-0.3, -0.25) is 14.5 Å². The van der Waals surface area contributed by atoms with E-state index in [1.807, 2.05) is 38.1 Å². The molecule has 0 fully saturated rings. The molecule has 0 saturated heterocycles. The maximum Gasteiger partial charge on any atom is 0.338 e. The first-order valence-corrected chi connectivity index (χ1v) is 14.4. The molecule has 214 valence electrons. The number of amides is 2. The minimum Gasteiger partial charge on any atom is -0.462 e. The summed E-state index contributed by atoms with van der Waals surface area (Å²) in [6, 6.07) is 14.1. The Labute approximate surface area is 242 Å². The minimum atomic E-state index is -0.508. The van der Waals surface area contributed by atoms with Crippen LogP contribution in [0.15, 0.2) is 48.5 Å². The smallest absolute Gasteiger partial charge is 0.338 e. The normalized spacial score (nSPS) is 13.2. The van der Waals surface area contributed by atoms with Gasteiger partial charge in [0, 0.05) is 21.9 Å². The van der Waals surface area contributed by atoms with Gasteiger partial charge >= 0.3 is 11.9 Å². The van der Waals surface area contributed by atoms with Crippen molar-refractivity contribution >= 4 is 66.8 Å². The van der Waals surface area contributed by atoms with Crippen LogP contribution in [-0.4, -0.2) is 60.1 Å². The summed E-state index contributed by atoms with van der Waals surface area (Å²) >= 11 is 0. The Morgan fingerprint density at radius 1 is 0.643 bits per heavy atom. The molecule has 0 saturated carbocycles. The number of rotatable bonds is 10. The molecule has 0 radical (unpaired) electrons. The van der Waals surface area contributed by atoms with Crippen molar-refractivity contribution in [3.05, 3.63) is 70.8 Å². The molecule has 1 heterocycles. The van der Waals surface area contributed by atoms with E-state index < -0.39 is 23.8 Å². The van der Waals surface area contributed by atoms with Crippen LogP contribution in [0.3, 0.4) is 0 Å². The molecular weight excluding hydrogens is 534 g/mol. The van der Waals surface area contributed by atoms with Crippen molar-refractivity contribution in [2.24, 2.45) is 0 Å². The van der Waals surface area contributed by atoms with Crippen molar-refractivity contribution in [3.63, 3.8) is 0 Å². The summed E-state index contributed by atoms with van der Waals surface area (Å²) in [5.74, 6) is -1.91. The lowest BCUT2D eigenvalue weighted by Crippen LogP contribution is -2.41. The summed E-state index contributed by atoms with van der Waals surface area (Å²) in [6.07, 6.45) is 3.21. The van der Waals surface area contributed by atoms with Crippen molar-refractivity contribution < 1.29 is 33.8 Å². The van der Waals surface area contributed by atoms with Gasteiger partial charge in [0.2, 0.25) is 0 Å². The monoisotopic (exact) mass is 565 g/mol. The lowest BCUT2D eigenvalue weighted by molar-refractivity contribution is 0.0500. The molecule has 8 heteroatoms. The summed E-state index contributed by atoms with van der Waals surface area (Å²) < 4.78 is 11.2. The van der Waals surface area contributed by atoms with Crippen LogP contribution in [0.25, 0.3) is 43.1 Å². The number of nitrogens with zero attached hydrogens (tertiary/aromatic N) is 1. The molecule has 6 rings (SSSR count). The molecule has 0 atom stereocenters. The lowest BCUT2D eigenvalue weighted by atomic mass is 9.83. The maximum atomic E-state index is 13.4. The summed E-state index contributed by atoms with van der Waals surface area (Å²) in [6.45, 7) is 4.17. The van der Waals surface area contributed by atoms with Crippen LogP contribution >= 0.6 is 0 Å². The van der Waals surface area contributed by atoms with E-state index in [9.17, 15) is 24.3 Å². The van der Waals surface area contributed by atoms with E-state index in [1.165, 1.54) is 0 Å². The molecule has 42 heavy (non-hydrogen) atoms. The van der Waals surface area contributed by atoms with Crippen LogP contribution in [0.5, 0.6) is 0 Å².